The van der Waals surface area contributed by atoms with Gasteiger partial charge in [-0.1, -0.05) is 12.2 Å². The fourth-order valence-corrected chi connectivity index (χ4v) is 0.365. The summed E-state index contributed by atoms with van der Waals surface area (Å²) >= 11 is 0. The number of hydrogen-bond acceptors (Lipinski definition) is 2. The van der Waals surface area contributed by atoms with Crippen molar-refractivity contribution in [3.8, 4) is 0 Å². The minimum atomic E-state index is -0.407. The van der Waals surface area contributed by atoms with E-state index in [2.05, 4.69) is 13.2 Å². The van der Waals surface area contributed by atoms with Gasteiger partial charge in [-0.15, -0.1) is 6.58 Å². The molecule has 0 aliphatic rings. The van der Waals surface area contributed by atoms with Gasteiger partial charge in [0.15, 0.2) is 0 Å². The number of rotatable bonds is 1. The number of ether oxygens (including phenoxy) is 1. The molecule has 2 heteroatoms. The van der Waals surface area contributed by atoms with E-state index in [4.69, 9.17) is 4.74 Å². The molecule has 0 radical (unpaired) electrons. The van der Waals surface area contributed by atoms with Crippen molar-refractivity contribution >= 4 is 5.97 Å². The maximum absolute atomic E-state index is 10.8. The summed E-state index contributed by atoms with van der Waals surface area (Å²) < 4.78 is 4.96. The van der Waals surface area contributed by atoms with Gasteiger partial charge >= 0.3 is 5.97 Å². The summed E-state index contributed by atoms with van der Waals surface area (Å²) in [7, 11) is 0. The van der Waals surface area contributed by atoms with Crippen molar-refractivity contribution in [2.24, 2.45) is 0 Å². The third kappa shape index (κ3) is 17.2. The highest BCUT2D eigenvalue weighted by Crippen LogP contribution is 2.09. The average molecular weight is 198 g/mol. The summed E-state index contributed by atoms with van der Waals surface area (Å²) in [5, 5.41) is 0. The van der Waals surface area contributed by atoms with Gasteiger partial charge in [-0.3, -0.25) is 0 Å². The highest BCUT2D eigenvalue weighted by atomic mass is 16.6. The molecule has 0 aromatic rings. The van der Waals surface area contributed by atoms with Crippen molar-refractivity contribution in [3.63, 3.8) is 0 Å². The number of carbonyl (C=O) groups excluding carboxylic acids is 1. The quantitative estimate of drug-likeness (QED) is 0.366. The van der Waals surface area contributed by atoms with E-state index < -0.39 is 5.60 Å². The van der Waals surface area contributed by atoms with E-state index in [0.29, 0.717) is 5.57 Å². The monoisotopic (exact) mass is 198 g/mol. The molecule has 0 heterocycles. The SMILES string of the molecule is C=C(C)C.C=C(C)C(=O)OC(C)(C)C. The van der Waals surface area contributed by atoms with Crippen LogP contribution in [0.1, 0.15) is 41.5 Å². The van der Waals surface area contributed by atoms with Crippen molar-refractivity contribution < 1.29 is 9.53 Å². The number of carbonyl (C=O) groups is 1. The van der Waals surface area contributed by atoms with E-state index in [1.54, 1.807) is 6.92 Å². The lowest BCUT2D eigenvalue weighted by molar-refractivity contribution is -0.149. The second-order valence-electron chi connectivity index (χ2n) is 4.49. The van der Waals surface area contributed by atoms with Crippen LogP contribution in [-0.4, -0.2) is 11.6 Å². The first kappa shape index (κ1) is 15.4. The first-order chi connectivity index (χ1) is 6.06. The van der Waals surface area contributed by atoms with E-state index >= 15 is 0 Å². The van der Waals surface area contributed by atoms with Crippen LogP contribution in [0.3, 0.4) is 0 Å². The summed E-state index contributed by atoms with van der Waals surface area (Å²) in [6, 6.07) is 0. The second-order valence-corrected chi connectivity index (χ2v) is 4.49. The third-order valence-corrected chi connectivity index (χ3v) is 0.747. The summed E-state index contributed by atoms with van der Waals surface area (Å²) in [5.41, 5.74) is 1.20. The molecule has 0 aromatic carbocycles. The lowest BCUT2D eigenvalue weighted by atomic mass is 10.2. The zero-order chi connectivity index (χ0) is 11.9. The van der Waals surface area contributed by atoms with E-state index in [-0.39, 0.29) is 5.97 Å². The van der Waals surface area contributed by atoms with Crippen molar-refractivity contribution in [1.29, 1.82) is 0 Å². The van der Waals surface area contributed by atoms with Gasteiger partial charge in [0.1, 0.15) is 5.60 Å². The van der Waals surface area contributed by atoms with Gasteiger partial charge in [0, 0.05) is 5.57 Å². The zero-order valence-electron chi connectivity index (χ0n) is 10.2. The van der Waals surface area contributed by atoms with Crippen molar-refractivity contribution in [2.75, 3.05) is 0 Å². The maximum Gasteiger partial charge on any atom is 0.333 e. The van der Waals surface area contributed by atoms with E-state index in [1.807, 2.05) is 34.6 Å². The predicted octanol–water partition coefficient (Wildman–Crippen LogP) is 3.49. The molecule has 0 bridgehead atoms. The molecular weight excluding hydrogens is 176 g/mol. The lowest BCUT2D eigenvalue weighted by Gasteiger charge is -2.19. The Morgan fingerprint density at radius 2 is 1.36 bits per heavy atom. The molecule has 0 unspecified atom stereocenters. The first-order valence-corrected chi connectivity index (χ1v) is 4.57. The molecular formula is C12H22O2. The van der Waals surface area contributed by atoms with E-state index in [1.165, 1.54) is 5.57 Å². The number of esters is 1. The molecule has 2 nitrogen and oxygen atoms in total. The Balaban J connectivity index is 0. The van der Waals surface area contributed by atoms with E-state index in [9.17, 15) is 4.79 Å². The molecule has 0 fully saturated rings. The van der Waals surface area contributed by atoms with Crippen molar-refractivity contribution in [3.05, 3.63) is 24.3 Å². The maximum atomic E-state index is 10.8. The summed E-state index contributed by atoms with van der Waals surface area (Å²) in [4.78, 5) is 10.8. The Bertz CT molecular complexity index is 215. The van der Waals surface area contributed by atoms with Crippen LogP contribution in [0.15, 0.2) is 24.3 Å². The summed E-state index contributed by atoms with van der Waals surface area (Å²) in [6.45, 7) is 18.1. The van der Waals surface area contributed by atoms with Crippen molar-refractivity contribution in [1.82, 2.24) is 0 Å². The fraction of sp³-hybridized carbons (Fsp3) is 0.583. The van der Waals surface area contributed by atoms with Crippen LogP contribution in [-0.2, 0) is 9.53 Å². The van der Waals surface area contributed by atoms with Gasteiger partial charge in [-0.2, -0.15) is 0 Å². The first-order valence-electron chi connectivity index (χ1n) is 4.57. The third-order valence-electron chi connectivity index (χ3n) is 0.747. The predicted molar refractivity (Wildman–Crippen MR) is 61.1 cm³/mol. The van der Waals surface area contributed by atoms with Crippen LogP contribution in [0.5, 0.6) is 0 Å². The fourth-order valence-electron chi connectivity index (χ4n) is 0.365. The molecule has 0 rings (SSSR count). The lowest BCUT2D eigenvalue weighted by Crippen LogP contribution is -2.23. The molecule has 0 amide bonds. The topological polar surface area (TPSA) is 26.3 Å². The Hall–Kier alpha value is -1.05. The van der Waals surface area contributed by atoms with E-state index in [0.717, 1.165) is 0 Å². The minimum absolute atomic E-state index is 0.326. The molecule has 14 heavy (non-hydrogen) atoms. The van der Waals surface area contributed by atoms with Gasteiger partial charge in [0.05, 0.1) is 0 Å². The molecule has 0 aliphatic heterocycles. The summed E-state index contributed by atoms with van der Waals surface area (Å²) in [5.74, 6) is -0.326. The highest BCUT2D eigenvalue weighted by molar-refractivity contribution is 5.87. The smallest absolute Gasteiger partial charge is 0.333 e. The molecule has 0 N–H and O–H groups in total. The normalized spacial score (nSPS) is 9.57. The van der Waals surface area contributed by atoms with Gasteiger partial charge in [-0.25, -0.2) is 4.79 Å². The highest BCUT2D eigenvalue weighted by Gasteiger charge is 2.15. The largest absolute Gasteiger partial charge is 0.457 e. The van der Waals surface area contributed by atoms with Crippen molar-refractivity contribution in [2.45, 2.75) is 47.1 Å². The van der Waals surface area contributed by atoms with Crippen LogP contribution in [0.4, 0.5) is 0 Å². The Morgan fingerprint density at radius 3 is 1.43 bits per heavy atom. The number of hydrogen-bond donors (Lipinski definition) is 0. The van der Waals surface area contributed by atoms with Crippen LogP contribution >= 0.6 is 0 Å². The average Bonchev–Trinajstić information content (AvgIpc) is 1.81. The van der Waals surface area contributed by atoms with Crippen LogP contribution in [0.2, 0.25) is 0 Å². The molecule has 0 atom stereocenters. The number of allylic oxidation sites excluding steroid dienone is 1. The molecule has 0 spiro atoms. The van der Waals surface area contributed by atoms with Crippen LogP contribution in [0.25, 0.3) is 0 Å². The Morgan fingerprint density at radius 1 is 1.07 bits per heavy atom. The Labute approximate surface area is 87.7 Å². The molecule has 0 aromatic heterocycles. The van der Waals surface area contributed by atoms with Crippen LogP contribution < -0.4 is 0 Å². The molecule has 0 aliphatic carbocycles. The standard InChI is InChI=1S/C8H14O2.C4H8/c1-6(2)7(9)10-8(3,4)5;1-4(2)3/h1H2,2-5H3;1H2,2-3H3. The van der Waals surface area contributed by atoms with Crippen LogP contribution in [0, 0.1) is 0 Å². The zero-order valence-corrected chi connectivity index (χ0v) is 10.2. The van der Waals surface area contributed by atoms with Gasteiger partial charge < -0.3 is 4.74 Å². The Kier molecular flexibility index (Phi) is 7.06. The summed E-state index contributed by atoms with van der Waals surface area (Å²) in [6.07, 6.45) is 0. The van der Waals surface area contributed by atoms with Gasteiger partial charge in [0.25, 0.3) is 0 Å². The minimum Gasteiger partial charge on any atom is -0.457 e. The molecule has 0 saturated heterocycles. The molecule has 0 saturated carbocycles. The second kappa shape index (κ2) is 6.41. The van der Waals surface area contributed by atoms with Gasteiger partial charge in [0.2, 0.25) is 0 Å². The molecule has 82 valence electrons. The van der Waals surface area contributed by atoms with Gasteiger partial charge in [-0.05, 0) is 41.5 Å².